The van der Waals surface area contributed by atoms with Gasteiger partial charge in [-0.1, -0.05) is 13.8 Å². The zero-order valence-corrected chi connectivity index (χ0v) is 12.4. The van der Waals surface area contributed by atoms with Crippen LogP contribution in [0.1, 0.15) is 13.8 Å². The third kappa shape index (κ3) is 2.48. The van der Waals surface area contributed by atoms with Crippen LogP contribution in [0.2, 0.25) is 0 Å². The van der Waals surface area contributed by atoms with Crippen molar-refractivity contribution < 1.29 is 16.8 Å². The number of sulfone groups is 2. The van der Waals surface area contributed by atoms with E-state index in [0.29, 0.717) is 0 Å². The zero-order valence-electron chi connectivity index (χ0n) is 9.18. The topological polar surface area (TPSA) is 68.3 Å². The van der Waals surface area contributed by atoms with E-state index < -0.39 is 22.4 Å². The van der Waals surface area contributed by atoms with Gasteiger partial charge in [0.15, 0.2) is 19.7 Å². The summed E-state index contributed by atoms with van der Waals surface area (Å²) in [5, 5.41) is 0. The molecule has 4 nitrogen and oxygen atoms in total. The van der Waals surface area contributed by atoms with E-state index in [1.165, 1.54) is 26.4 Å². The molecule has 0 aliphatic heterocycles. The van der Waals surface area contributed by atoms with Crippen molar-refractivity contribution in [2.24, 2.45) is 0 Å². The lowest BCUT2D eigenvalue weighted by Crippen LogP contribution is -2.41. The lowest BCUT2D eigenvalue weighted by atomic mass is 11.0. The molecule has 0 saturated carbocycles. The van der Waals surface area contributed by atoms with Crippen LogP contribution in [-0.4, -0.2) is 43.6 Å². The summed E-state index contributed by atoms with van der Waals surface area (Å²) < 4.78 is 45.7. The minimum absolute atomic E-state index is 0.173. The molecule has 0 aromatic rings. The highest BCUT2D eigenvalue weighted by Crippen LogP contribution is 2.45. The smallest absolute Gasteiger partial charge is 0.225 e. The summed E-state index contributed by atoms with van der Waals surface area (Å²) in [5.74, 6) is -0.345. The first-order chi connectivity index (χ1) is 6.74. The van der Waals surface area contributed by atoms with Crippen LogP contribution in [0.25, 0.3) is 0 Å². The van der Waals surface area contributed by atoms with Gasteiger partial charge in [0.05, 0.1) is 11.5 Å². The zero-order chi connectivity index (χ0) is 12.3. The van der Waals surface area contributed by atoms with Gasteiger partial charge in [0.1, 0.15) is 0 Å². The summed E-state index contributed by atoms with van der Waals surface area (Å²) in [6.45, 7) is 2.92. The lowest BCUT2D eigenvalue weighted by molar-refractivity contribution is 0.584. The molecular formula is C7H16O4S4. The Morgan fingerprint density at radius 2 is 1.13 bits per heavy atom. The molecule has 0 heterocycles. The van der Waals surface area contributed by atoms with Crippen molar-refractivity contribution >= 4 is 43.2 Å². The quantitative estimate of drug-likeness (QED) is 0.685. The normalized spacial score (nSPS) is 14.1. The molecule has 0 spiro atoms. The average Bonchev–Trinajstić information content (AvgIpc) is 2.19. The molecule has 0 aromatic carbocycles. The Bertz CT molecular complexity index is 355. The number of rotatable bonds is 6. The van der Waals surface area contributed by atoms with Crippen molar-refractivity contribution in [2.45, 2.75) is 16.6 Å². The molecule has 0 saturated heterocycles. The molecule has 0 aliphatic rings. The van der Waals surface area contributed by atoms with Crippen molar-refractivity contribution in [2.75, 3.05) is 24.0 Å². The Morgan fingerprint density at radius 1 is 0.867 bits per heavy atom. The molecule has 92 valence electrons. The molecule has 0 amide bonds. The SMILES string of the molecule is CCS(=O)(=O)C(SC)(SC)S(=O)(=O)CC. The highest BCUT2D eigenvalue weighted by Gasteiger charge is 2.52. The maximum atomic E-state index is 11.9. The van der Waals surface area contributed by atoms with Crippen molar-refractivity contribution in [3.05, 3.63) is 0 Å². The number of hydrogen-bond acceptors (Lipinski definition) is 6. The second kappa shape index (κ2) is 5.29. The molecule has 0 fully saturated rings. The molecule has 0 aromatic heterocycles. The van der Waals surface area contributed by atoms with Crippen LogP contribution in [0.15, 0.2) is 0 Å². The third-order valence-electron chi connectivity index (χ3n) is 2.02. The maximum Gasteiger partial charge on any atom is 0.263 e. The minimum Gasteiger partial charge on any atom is -0.225 e. The summed E-state index contributed by atoms with van der Waals surface area (Å²) in [5.41, 5.74) is 0. The molecule has 0 radical (unpaired) electrons. The molecule has 0 atom stereocenters. The van der Waals surface area contributed by atoms with E-state index in [1.54, 1.807) is 0 Å². The van der Waals surface area contributed by atoms with E-state index in [9.17, 15) is 16.8 Å². The molecule has 0 unspecified atom stereocenters. The maximum absolute atomic E-state index is 11.9. The highest BCUT2D eigenvalue weighted by atomic mass is 32.4. The number of hydrogen-bond donors (Lipinski definition) is 0. The van der Waals surface area contributed by atoms with Gasteiger partial charge in [0.25, 0.3) is 2.74 Å². The summed E-state index contributed by atoms with van der Waals surface area (Å²) in [4.78, 5) is 0. The van der Waals surface area contributed by atoms with Crippen molar-refractivity contribution in [1.82, 2.24) is 0 Å². The van der Waals surface area contributed by atoms with Gasteiger partial charge in [0.2, 0.25) is 0 Å². The van der Waals surface area contributed by atoms with Crippen LogP contribution < -0.4 is 0 Å². The van der Waals surface area contributed by atoms with Gasteiger partial charge in [-0.25, -0.2) is 16.8 Å². The summed E-state index contributed by atoms with van der Waals surface area (Å²) in [7, 11) is -7.31. The van der Waals surface area contributed by atoms with Crippen molar-refractivity contribution in [3.8, 4) is 0 Å². The van der Waals surface area contributed by atoms with E-state index >= 15 is 0 Å². The fourth-order valence-corrected chi connectivity index (χ4v) is 10.2. The van der Waals surface area contributed by atoms with Gasteiger partial charge in [-0.05, 0) is 12.5 Å². The highest BCUT2D eigenvalue weighted by molar-refractivity contribution is 8.43. The van der Waals surface area contributed by atoms with Gasteiger partial charge in [-0.3, -0.25) is 0 Å². The summed E-state index contributed by atoms with van der Waals surface area (Å²) in [6.07, 6.45) is 3.02. The largest absolute Gasteiger partial charge is 0.263 e. The summed E-state index contributed by atoms with van der Waals surface area (Å²) >= 11 is 1.73. The Hall–Kier alpha value is 0.600. The molecule has 0 N–H and O–H groups in total. The van der Waals surface area contributed by atoms with Crippen molar-refractivity contribution in [1.29, 1.82) is 0 Å². The van der Waals surface area contributed by atoms with Gasteiger partial charge < -0.3 is 0 Å². The average molecular weight is 292 g/mol. The van der Waals surface area contributed by atoms with Crippen LogP contribution in [0.5, 0.6) is 0 Å². The van der Waals surface area contributed by atoms with Crippen LogP contribution >= 0.6 is 23.5 Å². The van der Waals surface area contributed by atoms with E-state index in [0.717, 1.165) is 23.5 Å². The second-order valence-corrected chi connectivity index (χ2v) is 11.1. The van der Waals surface area contributed by atoms with E-state index in [1.807, 2.05) is 0 Å². The van der Waals surface area contributed by atoms with Gasteiger partial charge in [-0.15, -0.1) is 23.5 Å². The predicted octanol–water partition coefficient (Wildman–Crippen LogP) is 1.19. The van der Waals surface area contributed by atoms with Gasteiger partial charge in [-0.2, -0.15) is 0 Å². The fourth-order valence-electron chi connectivity index (χ4n) is 1.14. The Labute approximate surface area is 100 Å². The van der Waals surface area contributed by atoms with E-state index in [4.69, 9.17) is 0 Å². The monoisotopic (exact) mass is 292 g/mol. The number of thioether (sulfide) groups is 2. The van der Waals surface area contributed by atoms with Crippen molar-refractivity contribution in [3.63, 3.8) is 0 Å². The molecular weight excluding hydrogens is 276 g/mol. The molecule has 0 bridgehead atoms. The predicted molar refractivity (Wildman–Crippen MR) is 68.7 cm³/mol. The molecule has 15 heavy (non-hydrogen) atoms. The first-order valence-electron chi connectivity index (χ1n) is 4.29. The van der Waals surface area contributed by atoms with Crippen LogP contribution in [0, 0.1) is 0 Å². The molecule has 8 heteroatoms. The van der Waals surface area contributed by atoms with Crippen LogP contribution in [0.4, 0.5) is 0 Å². The van der Waals surface area contributed by atoms with E-state index in [-0.39, 0.29) is 11.5 Å². The van der Waals surface area contributed by atoms with Crippen LogP contribution in [-0.2, 0) is 19.7 Å². The fraction of sp³-hybridized carbons (Fsp3) is 1.00. The molecule has 0 aliphatic carbocycles. The Morgan fingerprint density at radius 3 is 1.27 bits per heavy atom. The second-order valence-electron chi connectivity index (χ2n) is 2.72. The summed E-state index contributed by atoms with van der Waals surface area (Å²) in [6, 6.07) is 0. The first kappa shape index (κ1) is 15.6. The van der Waals surface area contributed by atoms with Gasteiger partial charge in [0, 0.05) is 0 Å². The Kier molecular flexibility index (Phi) is 5.50. The minimum atomic E-state index is -3.65. The molecule has 0 rings (SSSR count). The Balaban J connectivity index is 5.89. The first-order valence-corrected chi connectivity index (χ1v) is 10.0. The van der Waals surface area contributed by atoms with E-state index in [2.05, 4.69) is 0 Å². The van der Waals surface area contributed by atoms with Crippen LogP contribution in [0.3, 0.4) is 0 Å². The third-order valence-corrected chi connectivity index (χ3v) is 13.6. The standard InChI is InChI=1S/C7H16O4S4/c1-5-14(8,9)7(12-3,13-4)15(10,11)6-2/h5-6H2,1-4H3. The lowest BCUT2D eigenvalue weighted by Gasteiger charge is -2.28. The van der Waals surface area contributed by atoms with Gasteiger partial charge >= 0.3 is 0 Å².